The topological polar surface area (TPSA) is 58.6 Å². The summed E-state index contributed by atoms with van der Waals surface area (Å²) in [7, 11) is 0. The number of para-hydroxylation sites is 1. The summed E-state index contributed by atoms with van der Waals surface area (Å²) >= 11 is 3.55. The first-order chi connectivity index (χ1) is 16.4. The summed E-state index contributed by atoms with van der Waals surface area (Å²) in [6.45, 7) is 3.95. The number of fused-ring (bicyclic) bond motifs is 1. The molecule has 34 heavy (non-hydrogen) atoms. The van der Waals surface area contributed by atoms with Gasteiger partial charge >= 0.3 is 0 Å². The number of nitrogens with one attached hydrogen (secondary N) is 1. The van der Waals surface area contributed by atoms with E-state index in [-0.39, 0.29) is 29.7 Å². The highest BCUT2D eigenvalue weighted by molar-refractivity contribution is 9.10. The number of hydrogen-bond donors (Lipinski definition) is 1. The Hall–Kier alpha value is -3.12. The maximum Gasteiger partial charge on any atom is 0.265 e. The molecule has 0 spiro atoms. The number of carbonyl (C=O) groups is 2. The van der Waals surface area contributed by atoms with Crippen molar-refractivity contribution in [1.82, 2.24) is 4.90 Å². The van der Waals surface area contributed by atoms with Crippen molar-refractivity contribution < 1.29 is 14.3 Å². The van der Waals surface area contributed by atoms with Crippen molar-refractivity contribution in [3.8, 4) is 5.75 Å². The minimum absolute atomic E-state index is 0.0450. The van der Waals surface area contributed by atoms with E-state index in [2.05, 4.69) is 33.4 Å². The molecule has 1 fully saturated rings. The predicted molar refractivity (Wildman–Crippen MR) is 136 cm³/mol. The Kier molecular flexibility index (Phi) is 6.17. The molecule has 3 aromatic rings. The second-order valence-corrected chi connectivity index (χ2v) is 10.2. The first-order valence-corrected chi connectivity index (χ1v) is 12.4. The number of anilines is 1. The quantitative estimate of drug-likeness (QED) is 0.455. The van der Waals surface area contributed by atoms with E-state index in [0.717, 1.165) is 10.9 Å². The van der Waals surface area contributed by atoms with Crippen molar-refractivity contribution in [2.45, 2.75) is 44.4 Å². The van der Waals surface area contributed by atoms with Gasteiger partial charge in [-0.1, -0.05) is 78.3 Å². The molecule has 1 heterocycles. The highest BCUT2D eigenvalue weighted by Gasteiger charge is 2.53. The molecule has 5 rings (SSSR count). The lowest BCUT2D eigenvalue weighted by atomic mass is 10.0. The number of halogens is 1. The summed E-state index contributed by atoms with van der Waals surface area (Å²) in [5, 5.41) is 3.03. The highest BCUT2D eigenvalue weighted by atomic mass is 79.9. The Labute approximate surface area is 208 Å². The second-order valence-electron chi connectivity index (χ2n) is 9.29. The number of carbonyl (C=O) groups excluding carboxylic acids is 2. The number of amides is 2. The number of rotatable bonds is 5. The van der Waals surface area contributed by atoms with Crippen LogP contribution < -0.4 is 10.1 Å². The molecule has 5 nitrogen and oxygen atoms in total. The lowest BCUT2D eigenvalue weighted by molar-refractivity contribution is -0.146. The van der Waals surface area contributed by atoms with E-state index >= 15 is 0 Å². The molecule has 2 amide bonds. The van der Waals surface area contributed by atoms with E-state index in [1.54, 1.807) is 4.90 Å². The van der Waals surface area contributed by atoms with Crippen molar-refractivity contribution in [3.05, 3.63) is 94.5 Å². The van der Waals surface area contributed by atoms with Gasteiger partial charge in [-0.15, -0.1) is 0 Å². The Morgan fingerprint density at radius 1 is 1.03 bits per heavy atom. The highest BCUT2D eigenvalue weighted by Crippen LogP contribution is 2.50. The number of nitrogens with zero attached hydrogens (tertiary/aromatic N) is 1. The summed E-state index contributed by atoms with van der Waals surface area (Å²) < 4.78 is 7.10. The molecule has 0 bridgehead atoms. The van der Waals surface area contributed by atoms with Gasteiger partial charge in [0.15, 0.2) is 6.10 Å². The average molecular weight is 519 g/mol. The standard InChI is InChI=1S/C28H27BrN2O3/c1-17(2)26-28(33)31(23-16-21(23)18-9-5-3-6-10-18)25(22-15-19(29)13-14-24(22)34-26)27(32)30-20-11-7-4-8-12-20/h3-15,17,21,23,25-26H,16H2,1-2H3,(H,30,32). The first kappa shape index (κ1) is 22.7. The second kappa shape index (κ2) is 9.26. The fraction of sp³-hybridized carbons (Fsp3) is 0.286. The van der Waals surface area contributed by atoms with Crippen molar-refractivity contribution >= 4 is 33.4 Å². The van der Waals surface area contributed by atoms with Crippen LogP contribution in [0.5, 0.6) is 5.75 Å². The lowest BCUT2D eigenvalue weighted by Crippen LogP contribution is -2.48. The van der Waals surface area contributed by atoms with E-state index in [0.29, 0.717) is 17.0 Å². The molecule has 0 saturated heterocycles. The maximum absolute atomic E-state index is 14.0. The molecule has 0 aromatic heterocycles. The van der Waals surface area contributed by atoms with E-state index in [9.17, 15) is 9.59 Å². The molecular weight excluding hydrogens is 492 g/mol. The van der Waals surface area contributed by atoms with Gasteiger partial charge in [-0.2, -0.15) is 0 Å². The lowest BCUT2D eigenvalue weighted by Gasteiger charge is -2.32. The van der Waals surface area contributed by atoms with Crippen molar-refractivity contribution in [1.29, 1.82) is 0 Å². The van der Waals surface area contributed by atoms with Crippen LogP contribution in [-0.4, -0.2) is 28.9 Å². The zero-order chi connectivity index (χ0) is 23.8. The van der Waals surface area contributed by atoms with Crippen LogP contribution >= 0.6 is 15.9 Å². The van der Waals surface area contributed by atoms with Crippen LogP contribution in [0.25, 0.3) is 0 Å². The number of benzene rings is 3. The van der Waals surface area contributed by atoms with Gasteiger partial charge in [-0.3, -0.25) is 9.59 Å². The van der Waals surface area contributed by atoms with Gasteiger partial charge in [0.25, 0.3) is 11.8 Å². The van der Waals surface area contributed by atoms with Crippen molar-refractivity contribution in [3.63, 3.8) is 0 Å². The van der Waals surface area contributed by atoms with Gasteiger partial charge in [0.05, 0.1) is 0 Å². The SMILES string of the molecule is CC(C)C1Oc2ccc(Br)cc2C(C(=O)Nc2ccccc2)N(C2CC2c2ccccc2)C1=O. The monoisotopic (exact) mass is 518 g/mol. The molecular formula is C28H27BrN2O3. The van der Waals surface area contributed by atoms with E-state index < -0.39 is 12.1 Å². The summed E-state index contributed by atoms with van der Waals surface area (Å²) in [5.74, 6) is 0.336. The summed E-state index contributed by atoms with van der Waals surface area (Å²) in [5.41, 5.74) is 2.57. The van der Waals surface area contributed by atoms with Gasteiger partial charge in [-0.05, 0) is 48.2 Å². The average Bonchev–Trinajstić information content (AvgIpc) is 3.63. The molecule has 6 heteroatoms. The van der Waals surface area contributed by atoms with E-state index in [4.69, 9.17) is 4.74 Å². The van der Waals surface area contributed by atoms with Gasteiger partial charge in [0, 0.05) is 27.7 Å². The molecule has 2 aliphatic rings. The summed E-state index contributed by atoms with van der Waals surface area (Å²) in [4.78, 5) is 29.6. The Bertz CT molecular complexity index is 1200. The Balaban J connectivity index is 1.60. The Morgan fingerprint density at radius 2 is 1.71 bits per heavy atom. The number of ether oxygens (including phenoxy) is 1. The Morgan fingerprint density at radius 3 is 2.38 bits per heavy atom. The van der Waals surface area contributed by atoms with Crippen LogP contribution in [0.2, 0.25) is 0 Å². The third-order valence-electron chi connectivity index (χ3n) is 6.53. The first-order valence-electron chi connectivity index (χ1n) is 11.6. The largest absolute Gasteiger partial charge is 0.480 e. The fourth-order valence-corrected chi connectivity index (χ4v) is 5.15. The molecule has 0 radical (unpaired) electrons. The summed E-state index contributed by atoms with van der Waals surface area (Å²) in [6, 6.07) is 24.3. The molecule has 1 aliphatic heterocycles. The van der Waals surface area contributed by atoms with Crippen LogP contribution in [-0.2, 0) is 9.59 Å². The maximum atomic E-state index is 14.0. The predicted octanol–water partition coefficient (Wildman–Crippen LogP) is 5.93. The van der Waals surface area contributed by atoms with E-state index in [1.165, 1.54) is 5.56 Å². The normalized spacial score (nSPS) is 23.6. The van der Waals surface area contributed by atoms with Gasteiger partial charge in [0.2, 0.25) is 0 Å². The minimum atomic E-state index is -0.803. The van der Waals surface area contributed by atoms with Crippen molar-refractivity contribution in [2.75, 3.05) is 5.32 Å². The minimum Gasteiger partial charge on any atom is -0.480 e. The van der Waals surface area contributed by atoms with E-state index in [1.807, 2.05) is 80.6 Å². The van der Waals surface area contributed by atoms with Crippen molar-refractivity contribution in [2.24, 2.45) is 5.92 Å². The molecule has 1 N–H and O–H groups in total. The fourth-order valence-electron chi connectivity index (χ4n) is 4.77. The zero-order valence-electron chi connectivity index (χ0n) is 19.1. The number of hydrogen-bond acceptors (Lipinski definition) is 3. The summed E-state index contributed by atoms with van der Waals surface area (Å²) in [6.07, 6.45) is 0.158. The molecule has 3 aromatic carbocycles. The van der Waals surface area contributed by atoms with Gasteiger partial charge < -0.3 is 15.0 Å². The van der Waals surface area contributed by atoms with Crippen LogP contribution in [0, 0.1) is 5.92 Å². The molecule has 1 aliphatic carbocycles. The smallest absolute Gasteiger partial charge is 0.265 e. The molecule has 1 saturated carbocycles. The third-order valence-corrected chi connectivity index (χ3v) is 7.03. The van der Waals surface area contributed by atoms with Gasteiger partial charge in [0.1, 0.15) is 11.8 Å². The van der Waals surface area contributed by atoms with Crippen LogP contribution in [0.4, 0.5) is 5.69 Å². The van der Waals surface area contributed by atoms with Crippen LogP contribution in [0.15, 0.2) is 83.3 Å². The van der Waals surface area contributed by atoms with Gasteiger partial charge in [-0.25, -0.2) is 0 Å². The zero-order valence-corrected chi connectivity index (χ0v) is 20.7. The van der Waals surface area contributed by atoms with Crippen LogP contribution in [0.1, 0.15) is 43.4 Å². The molecule has 4 atom stereocenters. The van der Waals surface area contributed by atoms with Crippen LogP contribution in [0.3, 0.4) is 0 Å². The molecule has 174 valence electrons. The third kappa shape index (κ3) is 4.34. The molecule has 4 unspecified atom stereocenters.